The van der Waals surface area contributed by atoms with E-state index in [9.17, 15) is 9.59 Å². The molecular weight excluding hydrogens is 344 g/mol. The molecule has 1 aliphatic rings. The molecule has 0 spiro atoms. The summed E-state index contributed by atoms with van der Waals surface area (Å²) in [5.41, 5.74) is 7.28. The van der Waals surface area contributed by atoms with Gasteiger partial charge in [0.05, 0.1) is 5.41 Å². The second-order valence-corrected chi connectivity index (χ2v) is 6.57. The molecule has 7 heteroatoms. The predicted octanol–water partition coefficient (Wildman–Crippen LogP) is 3.02. The molecule has 0 unspecified atom stereocenters. The number of hydrogen-bond acceptors (Lipinski definition) is 4. The Morgan fingerprint density at radius 2 is 1.37 bits per heavy atom. The van der Waals surface area contributed by atoms with Gasteiger partial charge in [0.25, 0.3) is 0 Å². The number of nitrogens with two attached hydrogens (primary N) is 1. The van der Waals surface area contributed by atoms with Crippen LogP contribution in [0.15, 0.2) is 54.6 Å². The molecule has 142 valence electrons. The van der Waals surface area contributed by atoms with E-state index < -0.39 is 5.41 Å². The fourth-order valence-electron chi connectivity index (χ4n) is 3.00. The Morgan fingerprint density at radius 3 is 1.93 bits per heavy atom. The maximum absolute atomic E-state index is 12.7. The Bertz CT molecular complexity index is 772. The maximum Gasteiger partial charge on any atom is 0.323 e. The van der Waals surface area contributed by atoms with Gasteiger partial charge in [-0.25, -0.2) is 4.79 Å². The molecule has 0 atom stereocenters. The molecule has 0 radical (unpaired) electrons. The second kappa shape index (κ2) is 8.66. The minimum atomic E-state index is -0.579. The van der Waals surface area contributed by atoms with Crippen LogP contribution in [0.3, 0.4) is 0 Å². The summed E-state index contributed by atoms with van der Waals surface area (Å²) in [6.07, 6.45) is 1.24. The van der Waals surface area contributed by atoms with Crippen molar-refractivity contribution in [3.05, 3.63) is 54.6 Å². The molecule has 5 N–H and O–H groups in total. The molecule has 2 aromatic carbocycles. The number of rotatable bonds is 5. The Labute approximate surface area is 158 Å². The number of hydrogen-bond donors (Lipinski definition) is 4. The number of carbonyl (C=O) groups is 2. The number of benzene rings is 2. The Morgan fingerprint density at radius 1 is 0.852 bits per heavy atom. The van der Waals surface area contributed by atoms with Gasteiger partial charge in [-0.2, -0.15) is 0 Å². The van der Waals surface area contributed by atoms with Crippen molar-refractivity contribution in [1.29, 1.82) is 0 Å². The van der Waals surface area contributed by atoms with Gasteiger partial charge in [0, 0.05) is 36.8 Å². The number of ether oxygens (including phenoxy) is 1. The first-order valence-corrected chi connectivity index (χ1v) is 8.94. The fourth-order valence-corrected chi connectivity index (χ4v) is 3.00. The van der Waals surface area contributed by atoms with Crippen molar-refractivity contribution in [2.75, 3.05) is 35.7 Å². The third kappa shape index (κ3) is 4.84. The third-order valence-electron chi connectivity index (χ3n) is 4.75. The molecule has 0 aliphatic carbocycles. The summed E-state index contributed by atoms with van der Waals surface area (Å²) in [7, 11) is 0. The Hall–Kier alpha value is -2.90. The van der Waals surface area contributed by atoms with Crippen LogP contribution in [0.4, 0.5) is 21.9 Å². The molecule has 0 saturated carbocycles. The molecule has 3 amide bonds. The van der Waals surface area contributed by atoms with Crippen LogP contribution < -0.4 is 21.7 Å². The van der Waals surface area contributed by atoms with Crippen LogP contribution in [0.5, 0.6) is 0 Å². The topological polar surface area (TPSA) is 105 Å². The molecular formula is C20H24N4O3. The lowest BCUT2D eigenvalue weighted by Gasteiger charge is -2.34. The monoisotopic (exact) mass is 368 g/mol. The van der Waals surface area contributed by atoms with Gasteiger partial charge in [0.15, 0.2) is 0 Å². The average Bonchev–Trinajstić information content (AvgIpc) is 2.70. The lowest BCUT2D eigenvalue weighted by molar-refractivity contribution is -0.130. The van der Waals surface area contributed by atoms with Crippen molar-refractivity contribution in [3.63, 3.8) is 0 Å². The first kappa shape index (κ1) is 18.9. The average molecular weight is 368 g/mol. The molecule has 1 aliphatic heterocycles. The van der Waals surface area contributed by atoms with E-state index in [1.165, 1.54) is 0 Å². The summed E-state index contributed by atoms with van der Waals surface area (Å²) < 4.78 is 5.34. The van der Waals surface area contributed by atoms with Crippen LogP contribution in [-0.4, -0.2) is 31.7 Å². The molecule has 27 heavy (non-hydrogen) atoms. The lowest BCUT2D eigenvalue weighted by atomic mass is 9.79. The second-order valence-electron chi connectivity index (χ2n) is 6.57. The molecule has 2 aromatic rings. The van der Waals surface area contributed by atoms with Crippen LogP contribution in [0.2, 0.25) is 0 Å². The van der Waals surface area contributed by atoms with Crippen molar-refractivity contribution in [2.24, 2.45) is 11.1 Å². The number of urea groups is 1. The van der Waals surface area contributed by atoms with Gasteiger partial charge in [-0.1, -0.05) is 18.2 Å². The standard InChI is InChI=1S/C20H24N4O3/c21-14-20(10-12-27-13-11-20)18(25)22-16-6-8-17(9-7-16)24-19(26)23-15-4-2-1-3-5-15/h1-9H,10-14,21H2,(H,22,25)(H2,23,24,26). The SMILES string of the molecule is NCC1(C(=O)Nc2ccc(NC(=O)Nc3ccccc3)cc2)CCOCC1. The summed E-state index contributed by atoms with van der Waals surface area (Å²) in [4.78, 5) is 24.7. The summed E-state index contributed by atoms with van der Waals surface area (Å²) in [6, 6.07) is 15.8. The first-order chi connectivity index (χ1) is 13.1. The smallest absolute Gasteiger partial charge is 0.323 e. The van der Waals surface area contributed by atoms with Crippen molar-refractivity contribution in [2.45, 2.75) is 12.8 Å². The molecule has 1 fully saturated rings. The molecule has 0 bridgehead atoms. The van der Waals surface area contributed by atoms with E-state index >= 15 is 0 Å². The maximum atomic E-state index is 12.7. The largest absolute Gasteiger partial charge is 0.381 e. The summed E-state index contributed by atoms with van der Waals surface area (Å²) in [5.74, 6) is -0.0872. The summed E-state index contributed by atoms with van der Waals surface area (Å²) >= 11 is 0. The number of nitrogens with one attached hydrogen (secondary N) is 3. The molecule has 0 aromatic heterocycles. The fraction of sp³-hybridized carbons (Fsp3) is 0.300. The first-order valence-electron chi connectivity index (χ1n) is 8.94. The van der Waals surface area contributed by atoms with Gasteiger partial charge in [-0.3, -0.25) is 4.79 Å². The van der Waals surface area contributed by atoms with Crippen molar-refractivity contribution in [3.8, 4) is 0 Å². The van der Waals surface area contributed by atoms with Gasteiger partial charge in [-0.05, 0) is 49.2 Å². The molecule has 1 saturated heterocycles. The number of carbonyl (C=O) groups excluding carboxylic acids is 2. The van der Waals surface area contributed by atoms with Crippen LogP contribution in [-0.2, 0) is 9.53 Å². The van der Waals surface area contributed by atoms with Crippen molar-refractivity contribution >= 4 is 29.0 Å². The highest BCUT2D eigenvalue weighted by Crippen LogP contribution is 2.31. The van der Waals surface area contributed by atoms with Gasteiger partial charge in [-0.15, -0.1) is 0 Å². The van der Waals surface area contributed by atoms with Crippen LogP contribution in [0.1, 0.15) is 12.8 Å². The normalized spacial score (nSPS) is 15.6. The summed E-state index contributed by atoms with van der Waals surface area (Å²) in [5, 5.41) is 8.42. The van der Waals surface area contributed by atoms with Gasteiger partial charge < -0.3 is 26.4 Å². The van der Waals surface area contributed by atoms with Gasteiger partial charge in [0.1, 0.15) is 0 Å². The van der Waals surface area contributed by atoms with E-state index in [1.54, 1.807) is 24.3 Å². The highest BCUT2D eigenvalue weighted by Gasteiger charge is 2.38. The van der Waals surface area contributed by atoms with E-state index in [0.29, 0.717) is 49.7 Å². The van der Waals surface area contributed by atoms with Crippen LogP contribution in [0, 0.1) is 5.41 Å². The van der Waals surface area contributed by atoms with Crippen LogP contribution in [0.25, 0.3) is 0 Å². The van der Waals surface area contributed by atoms with Gasteiger partial charge >= 0.3 is 6.03 Å². The quantitative estimate of drug-likeness (QED) is 0.651. The van der Waals surface area contributed by atoms with Crippen LogP contribution >= 0.6 is 0 Å². The highest BCUT2D eigenvalue weighted by atomic mass is 16.5. The predicted molar refractivity (Wildman–Crippen MR) is 106 cm³/mol. The number of para-hydroxylation sites is 1. The minimum Gasteiger partial charge on any atom is -0.381 e. The van der Waals surface area contributed by atoms with E-state index in [0.717, 1.165) is 0 Å². The molecule has 7 nitrogen and oxygen atoms in total. The molecule has 3 rings (SSSR count). The molecule has 1 heterocycles. The van der Waals surface area contributed by atoms with Crippen molar-refractivity contribution < 1.29 is 14.3 Å². The third-order valence-corrected chi connectivity index (χ3v) is 4.75. The number of anilines is 3. The Kier molecular flexibility index (Phi) is 6.05. The highest BCUT2D eigenvalue weighted by molar-refractivity contribution is 6.00. The summed E-state index contributed by atoms with van der Waals surface area (Å²) in [6.45, 7) is 1.38. The Balaban J connectivity index is 1.56. The number of amides is 3. The van der Waals surface area contributed by atoms with E-state index in [1.807, 2.05) is 30.3 Å². The van der Waals surface area contributed by atoms with Gasteiger partial charge in [0.2, 0.25) is 5.91 Å². The lowest BCUT2D eigenvalue weighted by Crippen LogP contribution is -2.46. The van der Waals surface area contributed by atoms with E-state index in [2.05, 4.69) is 16.0 Å². The van der Waals surface area contributed by atoms with E-state index in [-0.39, 0.29) is 11.9 Å². The van der Waals surface area contributed by atoms with Crippen molar-refractivity contribution in [1.82, 2.24) is 0 Å². The van der Waals surface area contributed by atoms with E-state index in [4.69, 9.17) is 10.5 Å². The zero-order chi connectivity index (χ0) is 19.1. The zero-order valence-electron chi connectivity index (χ0n) is 15.0. The minimum absolute atomic E-state index is 0.0872. The zero-order valence-corrected chi connectivity index (χ0v) is 15.0.